The number of hydrogen-bond acceptors (Lipinski definition) is 4. The van der Waals surface area contributed by atoms with Crippen LogP contribution in [-0.2, 0) is 0 Å². The Morgan fingerprint density at radius 1 is 1.42 bits per heavy atom. The van der Waals surface area contributed by atoms with Crippen LogP contribution in [0.15, 0.2) is 18.3 Å². The number of rotatable bonds is 5. The summed E-state index contributed by atoms with van der Waals surface area (Å²) in [5.41, 5.74) is 1.37. The van der Waals surface area contributed by atoms with Crippen LogP contribution in [0.4, 0.5) is 5.69 Å². The van der Waals surface area contributed by atoms with Crippen LogP contribution in [0.1, 0.15) is 30.3 Å². The van der Waals surface area contributed by atoms with E-state index in [9.17, 15) is 4.79 Å². The van der Waals surface area contributed by atoms with Crippen molar-refractivity contribution >= 4 is 11.6 Å². The van der Waals surface area contributed by atoms with Gasteiger partial charge in [-0.1, -0.05) is 0 Å². The normalized spacial score (nSPS) is 17.2. The molecule has 0 spiro atoms. The molecule has 1 atom stereocenters. The molecule has 1 aliphatic heterocycles. The minimum Gasteiger partial charge on any atom is -0.387 e. The van der Waals surface area contributed by atoms with E-state index in [2.05, 4.69) is 27.4 Å². The number of likely N-dealkylation sites (tertiary alicyclic amines) is 1. The summed E-state index contributed by atoms with van der Waals surface area (Å²) in [6.07, 6.45) is 4.20. The maximum atomic E-state index is 12.0. The van der Waals surface area contributed by atoms with Crippen LogP contribution in [0.3, 0.4) is 0 Å². The molecule has 1 unspecified atom stereocenters. The Morgan fingerprint density at radius 3 is 2.74 bits per heavy atom. The molecule has 19 heavy (non-hydrogen) atoms. The van der Waals surface area contributed by atoms with Gasteiger partial charge in [-0.25, -0.2) is 4.98 Å². The van der Waals surface area contributed by atoms with Gasteiger partial charge in [0.05, 0.1) is 11.9 Å². The monoisotopic (exact) mass is 262 g/mol. The molecule has 1 aromatic rings. The zero-order valence-electron chi connectivity index (χ0n) is 11.6. The molecule has 0 aromatic carbocycles. The van der Waals surface area contributed by atoms with E-state index in [1.165, 1.54) is 12.8 Å². The van der Waals surface area contributed by atoms with Crippen LogP contribution in [0.25, 0.3) is 0 Å². The van der Waals surface area contributed by atoms with Gasteiger partial charge in [-0.05, 0) is 45.0 Å². The lowest BCUT2D eigenvalue weighted by Gasteiger charge is -2.23. The van der Waals surface area contributed by atoms with Gasteiger partial charge in [0, 0.05) is 19.6 Å². The second kappa shape index (κ2) is 6.52. The zero-order valence-corrected chi connectivity index (χ0v) is 11.6. The van der Waals surface area contributed by atoms with Crippen LogP contribution in [0, 0.1) is 0 Å². The fourth-order valence-electron chi connectivity index (χ4n) is 2.32. The number of carbonyl (C=O) groups excluding carboxylic acids is 1. The van der Waals surface area contributed by atoms with E-state index in [1.54, 1.807) is 12.3 Å². The molecule has 0 saturated carbocycles. The van der Waals surface area contributed by atoms with E-state index in [0.717, 1.165) is 18.8 Å². The fraction of sp³-hybridized carbons (Fsp3) is 0.571. The van der Waals surface area contributed by atoms with Gasteiger partial charge in [0.25, 0.3) is 5.91 Å². The summed E-state index contributed by atoms with van der Waals surface area (Å²) in [5.74, 6) is -0.103. The van der Waals surface area contributed by atoms with Crippen LogP contribution < -0.4 is 10.6 Å². The third kappa shape index (κ3) is 3.67. The first-order valence-electron chi connectivity index (χ1n) is 6.87. The molecule has 1 saturated heterocycles. The number of amides is 1. The largest absolute Gasteiger partial charge is 0.387 e. The van der Waals surface area contributed by atoms with Crippen molar-refractivity contribution in [2.24, 2.45) is 0 Å². The van der Waals surface area contributed by atoms with E-state index < -0.39 is 0 Å². The highest BCUT2D eigenvalue weighted by Gasteiger charge is 2.18. The molecular formula is C14H22N4O. The van der Waals surface area contributed by atoms with Crippen molar-refractivity contribution in [3.63, 3.8) is 0 Å². The van der Waals surface area contributed by atoms with Crippen LogP contribution in [0.5, 0.6) is 0 Å². The average molecular weight is 262 g/mol. The first kappa shape index (κ1) is 13.8. The highest BCUT2D eigenvalue weighted by atomic mass is 16.1. The molecule has 0 aliphatic carbocycles. The second-order valence-electron chi connectivity index (χ2n) is 4.98. The number of pyridine rings is 1. The molecule has 5 heteroatoms. The molecular weight excluding hydrogens is 240 g/mol. The van der Waals surface area contributed by atoms with Crippen molar-refractivity contribution in [2.45, 2.75) is 25.8 Å². The highest BCUT2D eigenvalue weighted by Crippen LogP contribution is 2.11. The number of aromatic nitrogens is 1. The van der Waals surface area contributed by atoms with E-state index in [-0.39, 0.29) is 5.91 Å². The molecule has 1 aliphatic rings. The number of hydrogen-bond donors (Lipinski definition) is 2. The summed E-state index contributed by atoms with van der Waals surface area (Å²) in [6, 6.07) is 3.98. The van der Waals surface area contributed by atoms with E-state index in [0.29, 0.717) is 18.3 Å². The van der Waals surface area contributed by atoms with Crippen molar-refractivity contribution in [1.82, 2.24) is 15.2 Å². The molecule has 1 amide bonds. The van der Waals surface area contributed by atoms with E-state index in [1.807, 2.05) is 13.1 Å². The van der Waals surface area contributed by atoms with Gasteiger partial charge in [-0.3, -0.25) is 9.69 Å². The number of nitrogens with zero attached hydrogens (tertiary/aromatic N) is 2. The van der Waals surface area contributed by atoms with Gasteiger partial charge in [-0.15, -0.1) is 0 Å². The maximum Gasteiger partial charge on any atom is 0.269 e. The summed E-state index contributed by atoms with van der Waals surface area (Å²) < 4.78 is 0. The SMILES string of the molecule is CNc1ccc(C(=O)NCC(C)N2CCCC2)nc1. The van der Waals surface area contributed by atoms with Gasteiger partial charge in [0.2, 0.25) is 0 Å². The fourth-order valence-corrected chi connectivity index (χ4v) is 2.32. The average Bonchev–Trinajstić information content (AvgIpc) is 2.98. The summed E-state index contributed by atoms with van der Waals surface area (Å²) in [4.78, 5) is 18.5. The van der Waals surface area contributed by atoms with E-state index in [4.69, 9.17) is 0 Å². The molecule has 5 nitrogen and oxygen atoms in total. The first-order valence-corrected chi connectivity index (χ1v) is 6.87. The maximum absolute atomic E-state index is 12.0. The topological polar surface area (TPSA) is 57.3 Å². The van der Waals surface area contributed by atoms with Crippen LogP contribution in [0.2, 0.25) is 0 Å². The molecule has 2 rings (SSSR count). The van der Waals surface area contributed by atoms with Gasteiger partial charge < -0.3 is 10.6 Å². The molecule has 0 radical (unpaired) electrons. The van der Waals surface area contributed by atoms with Gasteiger partial charge in [-0.2, -0.15) is 0 Å². The smallest absolute Gasteiger partial charge is 0.269 e. The molecule has 0 bridgehead atoms. The lowest BCUT2D eigenvalue weighted by atomic mass is 10.2. The molecule has 104 valence electrons. The van der Waals surface area contributed by atoms with Gasteiger partial charge >= 0.3 is 0 Å². The standard InChI is InChI=1S/C14H22N4O/c1-11(18-7-3-4-8-18)9-17-14(19)13-6-5-12(15-2)10-16-13/h5-6,10-11,15H,3-4,7-9H2,1-2H3,(H,17,19). The zero-order chi connectivity index (χ0) is 13.7. The van der Waals surface area contributed by atoms with Crippen molar-refractivity contribution in [1.29, 1.82) is 0 Å². The molecule has 2 N–H and O–H groups in total. The Bertz CT molecular complexity index is 412. The quantitative estimate of drug-likeness (QED) is 0.840. The Hall–Kier alpha value is -1.62. The van der Waals surface area contributed by atoms with Crippen molar-refractivity contribution < 1.29 is 4.79 Å². The van der Waals surface area contributed by atoms with Crippen molar-refractivity contribution in [3.05, 3.63) is 24.0 Å². The van der Waals surface area contributed by atoms with Gasteiger partial charge in [0.15, 0.2) is 0 Å². The molecule has 2 heterocycles. The number of carbonyl (C=O) groups is 1. The van der Waals surface area contributed by atoms with Crippen LogP contribution in [-0.4, -0.2) is 48.5 Å². The third-order valence-corrected chi connectivity index (χ3v) is 3.61. The Balaban J connectivity index is 1.82. The Morgan fingerprint density at radius 2 is 2.16 bits per heavy atom. The first-order chi connectivity index (χ1) is 9.20. The second-order valence-corrected chi connectivity index (χ2v) is 4.98. The predicted molar refractivity (Wildman–Crippen MR) is 76.4 cm³/mol. The lowest BCUT2D eigenvalue weighted by Crippen LogP contribution is -2.40. The van der Waals surface area contributed by atoms with E-state index >= 15 is 0 Å². The minimum atomic E-state index is -0.103. The molecule has 1 aromatic heterocycles. The lowest BCUT2D eigenvalue weighted by molar-refractivity contribution is 0.0935. The summed E-state index contributed by atoms with van der Waals surface area (Å²) in [7, 11) is 1.83. The number of nitrogens with one attached hydrogen (secondary N) is 2. The van der Waals surface area contributed by atoms with Gasteiger partial charge in [0.1, 0.15) is 5.69 Å². The minimum absolute atomic E-state index is 0.103. The third-order valence-electron chi connectivity index (χ3n) is 3.61. The summed E-state index contributed by atoms with van der Waals surface area (Å²) in [6.45, 7) is 5.12. The predicted octanol–water partition coefficient (Wildman–Crippen LogP) is 1.34. The van der Waals surface area contributed by atoms with Crippen molar-refractivity contribution in [3.8, 4) is 0 Å². The summed E-state index contributed by atoms with van der Waals surface area (Å²) in [5, 5.41) is 5.93. The van der Waals surface area contributed by atoms with Crippen LogP contribution >= 0.6 is 0 Å². The Labute approximate surface area is 114 Å². The Kier molecular flexibility index (Phi) is 4.74. The summed E-state index contributed by atoms with van der Waals surface area (Å²) >= 11 is 0. The highest BCUT2D eigenvalue weighted by molar-refractivity contribution is 5.92. The van der Waals surface area contributed by atoms with Crippen molar-refractivity contribution in [2.75, 3.05) is 32.0 Å². The number of anilines is 1. The molecule has 1 fully saturated rings.